The Kier molecular flexibility index (Phi) is 6.69. The summed E-state index contributed by atoms with van der Waals surface area (Å²) in [7, 11) is 0. The third-order valence-corrected chi connectivity index (χ3v) is 4.17. The first-order chi connectivity index (χ1) is 12.8. The van der Waals surface area contributed by atoms with Crippen LogP contribution in [0.5, 0.6) is 0 Å². The fourth-order valence-electron chi connectivity index (χ4n) is 3.04. The molecule has 0 spiro atoms. The topological polar surface area (TPSA) is 81.2 Å². The zero-order valence-corrected chi connectivity index (χ0v) is 16.5. The Morgan fingerprint density at radius 3 is 2.56 bits per heavy atom. The van der Waals surface area contributed by atoms with E-state index in [0.717, 1.165) is 11.1 Å². The highest BCUT2D eigenvalue weighted by Crippen LogP contribution is 2.20. The first-order valence-corrected chi connectivity index (χ1v) is 9.04. The zero-order chi connectivity index (χ0) is 20.1. The van der Waals surface area contributed by atoms with Gasteiger partial charge in [-0.2, -0.15) is 0 Å². The lowest BCUT2D eigenvalue weighted by atomic mass is 9.95. The van der Waals surface area contributed by atoms with Gasteiger partial charge in [-0.1, -0.05) is 32.1 Å². The lowest BCUT2D eigenvalue weighted by Gasteiger charge is -2.17. The van der Waals surface area contributed by atoms with Crippen LogP contribution < -0.4 is 11.2 Å². The number of rotatable bonds is 7. The zero-order valence-electron chi connectivity index (χ0n) is 16.5. The van der Waals surface area contributed by atoms with Crippen molar-refractivity contribution in [3.8, 4) is 0 Å². The van der Waals surface area contributed by atoms with Crippen molar-refractivity contribution in [3.63, 3.8) is 0 Å². The minimum Gasteiger partial charge on any atom is -0.361 e. The number of ketones is 1. The number of aryl methyl sites for hydroxylation is 1. The van der Waals surface area contributed by atoms with Crippen LogP contribution in [0.2, 0.25) is 0 Å². The second kappa shape index (κ2) is 8.77. The minimum atomic E-state index is -0.650. The Bertz CT molecular complexity index is 981. The molecule has 1 aromatic carbocycles. The van der Waals surface area contributed by atoms with Crippen molar-refractivity contribution < 1.29 is 9.53 Å². The summed E-state index contributed by atoms with van der Waals surface area (Å²) >= 11 is 0. The summed E-state index contributed by atoms with van der Waals surface area (Å²) in [5.74, 6) is -0.600. The van der Waals surface area contributed by atoms with Crippen LogP contribution in [0.15, 0.2) is 33.9 Å². The van der Waals surface area contributed by atoms with E-state index in [-0.39, 0.29) is 29.7 Å². The van der Waals surface area contributed by atoms with E-state index >= 15 is 0 Å². The van der Waals surface area contributed by atoms with Gasteiger partial charge in [-0.15, -0.1) is 0 Å². The molecular formula is C21H26N2O4. The Hall–Kier alpha value is -2.73. The van der Waals surface area contributed by atoms with E-state index in [1.165, 1.54) is 4.57 Å². The van der Waals surface area contributed by atoms with Crippen molar-refractivity contribution in [3.05, 3.63) is 73.1 Å². The molecule has 0 aliphatic rings. The number of ether oxygens (including phenoxy) is 1. The van der Waals surface area contributed by atoms with E-state index in [1.54, 1.807) is 19.1 Å². The standard InChI is InChI=1S/C21H26N2O4/c1-6-8-15-9-14(5)10-16(11-15)19(24)18-17(13(3)4)20(25)22-21(26)23(18)12-27-7-2/h6,8-11,13H,7,12H2,1-5H3,(H,22,25,26)/b8-6+. The molecule has 0 saturated heterocycles. The normalized spacial score (nSPS) is 11.5. The monoisotopic (exact) mass is 370 g/mol. The van der Waals surface area contributed by atoms with Crippen LogP contribution in [0.1, 0.15) is 66.4 Å². The molecule has 2 aromatic rings. The molecule has 1 aromatic heterocycles. The molecule has 0 radical (unpaired) electrons. The second-order valence-corrected chi connectivity index (χ2v) is 6.69. The maximum absolute atomic E-state index is 13.4. The molecule has 6 heteroatoms. The molecule has 0 fully saturated rings. The van der Waals surface area contributed by atoms with Crippen LogP contribution in [-0.2, 0) is 11.5 Å². The summed E-state index contributed by atoms with van der Waals surface area (Å²) in [4.78, 5) is 40.5. The van der Waals surface area contributed by atoms with Gasteiger partial charge in [-0.05, 0) is 49.9 Å². The Balaban J connectivity index is 2.77. The van der Waals surface area contributed by atoms with Gasteiger partial charge >= 0.3 is 5.69 Å². The quantitative estimate of drug-likeness (QED) is 0.759. The van der Waals surface area contributed by atoms with Crippen LogP contribution in [0.4, 0.5) is 0 Å². The van der Waals surface area contributed by atoms with E-state index in [0.29, 0.717) is 12.2 Å². The molecule has 6 nitrogen and oxygen atoms in total. The van der Waals surface area contributed by atoms with Gasteiger partial charge in [0.15, 0.2) is 0 Å². The van der Waals surface area contributed by atoms with Gasteiger partial charge in [0, 0.05) is 17.7 Å². The maximum Gasteiger partial charge on any atom is 0.330 e. The molecule has 144 valence electrons. The van der Waals surface area contributed by atoms with Crippen molar-refractivity contribution in [1.29, 1.82) is 0 Å². The SMILES string of the molecule is C/C=C/c1cc(C)cc(C(=O)c2c(C(C)C)c(=O)[nH]c(=O)n2COCC)c1. The smallest absolute Gasteiger partial charge is 0.330 e. The molecular weight excluding hydrogens is 344 g/mol. The summed E-state index contributed by atoms with van der Waals surface area (Å²) in [6.07, 6.45) is 3.79. The van der Waals surface area contributed by atoms with Crippen molar-refractivity contribution >= 4 is 11.9 Å². The molecule has 0 amide bonds. The van der Waals surface area contributed by atoms with Crippen LogP contribution in [0.25, 0.3) is 6.08 Å². The van der Waals surface area contributed by atoms with Crippen LogP contribution in [0, 0.1) is 6.92 Å². The molecule has 0 aliphatic heterocycles. The van der Waals surface area contributed by atoms with E-state index in [1.807, 2.05) is 45.9 Å². The summed E-state index contributed by atoms with van der Waals surface area (Å²) in [5, 5.41) is 0. The third kappa shape index (κ3) is 4.52. The number of hydrogen-bond acceptors (Lipinski definition) is 4. The van der Waals surface area contributed by atoms with Crippen molar-refractivity contribution in [2.24, 2.45) is 0 Å². The molecule has 27 heavy (non-hydrogen) atoms. The number of allylic oxidation sites excluding steroid dienone is 1. The van der Waals surface area contributed by atoms with Gasteiger partial charge in [-0.3, -0.25) is 19.1 Å². The van der Waals surface area contributed by atoms with Crippen LogP contribution in [-0.4, -0.2) is 21.9 Å². The van der Waals surface area contributed by atoms with Gasteiger partial charge in [0.2, 0.25) is 5.78 Å². The predicted octanol–water partition coefficient (Wildman–Crippen LogP) is 3.23. The van der Waals surface area contributed by atoms with Gasteiger partial charge < -0.3 is 4.74 Å². The number of H-pyrrole nitrogens is 1. The highest BCUT2D eigenvalue weighted by atomic mass is 16.5. The Labute approximate surface area is 158 Å². The van der Waals surface area contributed by atoms with E-state index < -0.39 is 11.2 Å². The molecule has 1 N–H and O–H groups in total. The van der Waals surface area contributed by atoms with E-state index in [4.69, 9.17) is 4.74 Å². The number of carbonyl (C=O) groups is 1. The average Bonchev–Trinajstić information content (AvgIpc) is 2.59. The largest absolute Gasteiger partial charge is 0.361 e. The fourth-order valence-corrected chi connectivity index (χ4v) is 3.04. The Morgan fingerprint density at radius 1 is 1.26 bits per heavy atom. The number of nitrogens with zero attached hydrogens (tertiary/aromatic N) is 1. The number of hydrogen-bond donors (Lipinski definition) is 1. The van der Waals surface area contributed by atoms with Gasteiger partial charge in [-0.25, -0.2) is 4.79 Å². The van der Waals surface area contributed by atoms with E-state index in [9.17, 15) is 14.4 Å². The number of carbonyl (C=O) groups excluding carboxylic acids is 1. The molecule has 0 unspecified atom stereocenters. The number of aromatic amines is 1. The highest BCUT2D eigenvalue weighted by molar-refractivity contribution is 6.09. The van der Waals surface area contributed by atoms with Gasteiger partial charge in [0.1, 0.15) is 12.4 Å². The summed E-state index contributed by atoms with van der Waals surface area (Å²) in [5.41, 5.74) is 1.42. The first-order valence-electron chi connectivity index (χ1n) is 9.04. The molecule has 0 bridgehead atoms. The lowest BCUT2D eigenvalue weighted by Crippen LogP contribution is -2.38. The van der Waals surface area contributed by atoms with Crippen LogP contribution >= 0.6 is 0 Å². The molecule has 0 saturated carbocycles. The number of nitrogens with one attached hydrogen (secondary N) is 1. The molecule has 0 aliphatic carbocycles. The third-order valence-electron chi connectivity index (χ3n) is 4.17. The molecule has 1 heterocycles. The average molecular weight is 370 g/mol. The highest BCUT2D eigenvalue weighted by Gasteiger charge is 2.24. The summed E-state index contributed by atoms with van der Waals surface area (Å²) in [6, 6.07) is 5.48. The number of benzene rings is 1. The fraction of sp³-hybridized carbons (Fsp3) is 0.381. The van der Waals surface area contributed by atoms with Gasteiger partial charge in [0.05, 0.1) is 0 Å². The van der Waals surface area contributed by atoms with Crippen molar-refractivity contribution in [2.75, 3.05) is 6.61 Å². The predicted molar refractivity (Wildman–Crippen MR) is 106 cm³/mol. The maximum atomic E-state index is 13.4. The Morgan fingerprint density at radius 2 is 1.96 bits per heavy atom. The number of aromatic nitrogens is 2. The molecule has 0 atom stereocenters. The van der Waals surface area contributed by atoms with Crippen LogP contribution in [0.3, 0.4) is 0 Å². The molecule has 2 rings (SSSR count). The summed E-state index contributed by atoms with van der Waals surface area (Å²) < 4.78 is 6.57. The lowest BCUT2D eigenvalue weighted by molar-refractivity contribution is 0.0783. The summed E-state index contributed by atoms with van der Waals surface area (Å²) in [6.45, 7) is 9.52. The van der Waals surface area contributed by atoms with Gasteiger partial charge in [0.25, 0.3) is 5.56 Å². The van der Waals surface area contributed by atoms with E-state index in [2.05, 4.69) is 4.98 Å². The van der Waals surface area contributed by atoms with Crippen molar-refractivity contribution in [1.82, 2.24) is 9.55 Å². The first kappa shape index (κ1) is 20.6. The second-order valence-electron chi connectivity index (χ2n) is 6.69. The van der Waals surface area contributed by atoms with Crippen molar-refractivity contribution in [2.45, 2.75) is 47.3 Å². The minimum absolute atomic E-state index is 0.0872.